The Morgan fingerprint density at radius 1 is 1.15 bits per heavy atom. The van der Waals surface area contributed by atoms with Crippen molar-refractivity contribution in [3.8, 4) is 0 Å². The Hall–Kier alpha value is -2.33. The van der Waals surface area contributed by atoms with Gasteiger partial charge in [-0.15, -0.1) is 0 Å². The number of oxime groups is 1. The summed E-state index contributed by atoms with van der Waals surface area (Å²) in [4.78, 5) is 20.5. The van der Waals surface area contributed by atoms with E-state index in [4.69, 9.17) is 16.4 Å². The highest BCUT2D eigenvalue weighted by molar-refractivity contribution is 6.30. The van der Waals surface area contributed by atoms with Crippen LogP contribution in [0.15, 0.2) is 59.8 Å². The Kier molecular flexibility index (Phi) is 5.44. The molecule has 1 atom stereocenters. The summed E-state index contributed by atoms with van der Waals surface area (Å²) < 4.78 is 0. The molecule has 2 aromatic rings. The summed E-state index contributed by atoms with van der Waals surface area (Å²) in [6.45, 7) is 1.10. The van der Waals surface area contributed by atoms with Crippen molar-refractivity contribution >= 4 is 23.2 Å². The number of hydrogen-bond donors (Lipinski definition) is 0. The lowest BCUT2D eigenvalue weighted by Gasteiger charge is -2.32. The van der Waals surface area contributed by atoms with Crippen LogP contribution >= 0.6 is 11.6 Å². The van der Waals surface area contributed by atoms with E-state index in [1.165, 1.54) is 0 Å². The van der Waals surface area contributed by atoms with Crippen molar-refractivity contribution in [2.45, 2.75) is 38.3 Å². The molecule has 4 nitrogen and oxygen atoms in total. The van der Waals surface area contributed by atoms with Crippen LogP contribution in [0.25, 0.3) is 0 Å². The number of nitrogens with zero attached hydrogens (tertiary/aromatic N) is 2. The van der Waals surface area contributed by atoms with Gasteiger partial charge >= 0.3 is 0 Å². The molecule has 1 saturated carbocycles. The fourth-order valence-corrected chi connectivity index (χ4v) is 3.79. The van der Waals surface area contributed by atoms with E-state index in [1.807, 2.05) is 59.5 Å². The molecule has 1 aliphatic carbocycles. The van der Waals surface area contributed by atoms with Gasteiger partial charge in [0, 0.05) is 23.9 Å². The van der Waals surface area contributed by atoms with Gasteiger partial charge in [-0.2, -0.15) is 0 Å². The highest BCUT2D eigenvalue weighted by Gasteiger charge is 2.32. The molecule has 4 rings (SSSR count). The number of rotatable bonds is 6. The van der Waals surface area contributed by atoms with Crippen molar-refractivity contribution in [3.05, 3.63) is 70.7 Å². The first-order chi connectivity index (χ1) is 13.2. The van der Waals surface area contributed by atoms with Gasteiger partial charge in [0.2, 0.25) is 5.91 Å². The zero-order valence-corrected chi connectivity index (χ0v) is 15.9. The van der Waals surface area contributed by atoms with Crippen LogP contribution in [-0.4, -0.2) is 29.2 Å². The smallest absolute Gasteiger partial charge is 0.226 e. The SMILES string of the molecule is O=C(C1CCC1)N(Cc1cccc(Cl)c1)C[C@@H]1CC(c2ccccc2)=NO1. The van der Waals surface area contributed by atoms with Crippen LogP contribution in [0.1, 0.15) is 36.8 Å². The summed E-state index contributed by atoms with van der Waals surface area (Å²) in [6, 6.07) is 17.8. The first kappa shape index (κ1) is 18.1. The van der Waals surface area contributed by atoms with Gasteiger partial charge in [0.25, 0.3) is 0 Å². The zero-order valence-electron chi connectivity index (χ0n) is 15.2. The summed E-state index contributed by atoms with van der Waals surface area (Å²) in [7, 11) is 0. The minimum atomic E-state index is -0.108. The predicted octanol–water partition coefficient (Wildman–Crippen LogP) is 4.66. The fourth-order valence-electron chi connectivity index (χ4n) is 3.57. The standard InChI is InChI=1S/C22H23ClN2O2/c23-19-11-4-6-16(12-19)14-25(22(26)18-9-5-10-18)15-20-13-21(24-27-20)17-7-2-1-3-8-17/h1-4,6-8,11-12,18,20H,5,9-10,13-15H2/t20-/m0/s1. The normalized spacial score (nSPS) is 19.1. The molecular formula is C22H23ClN2O2. The molecule has 0 aromatic heterocycles. The summed E-state index contributed by atoms with van der Waals surface area (Å²) in [5.41, 5.74) is 3.06. The molecule has 0 N–H and O–H groups in total. The van der Waals surface area contributed by atoms with E-state index in [0.29, 0.717) is 24.5 Å². The molecule has 27 heavy (non-hydrogen) atoms. The molecule has 2 aromatic carbocycles. The third-order valence-corrected chi connectivity index (χ3v) is 5.53. The van der Waals surface area contributed by atoms with Crippen molar-refractivity contribution in [1.29, 1.82) is 0 Å². The van der Waals surface area contributed by atoms with Gasteiger partial charge in [-0.05, 0) is 36.1 Å². The molecule has 1 fully saturated rings. The van der Waals surface area contributed by atoms with E-state index in [2.05, 4.69) is 5.16 Å². The summed E-state index contributed by atoms with van der Waals surface area (Å²) >= 11 is 6.12. The molecule has 0 radical (unpaired) electrons. The molecule has 0 unspecified atom stereocenters. The molecule has 1 aliphatic heterocycles. The monoisotopic (exact) mass is 382 g/mol. The Morgan fingerprint density at radius 2 is 1.96 bits per heavy atom. The zero-order chi connectivity index (χ0) is 18.6. The maximum Gasteiger partial charge on any atom is 0.226 e. The Morgan fingerprint density at radius 3 is 2.67 bits per heavy atom. The quantitative estimate of drug-likeness (QED) is 0.729. The Labute approximate surface area is 164 Å². The van der Waals surface area contributed by atoms with E-state index >= 15 is 0 Å². The largest absolute Gasteiger partial charge is 0.390 e. The second-order valence-corrected chi connectivity index (χ2v) is 7.75. The van der Waals surface area contributed by atoms with Crippen LogP contribution in [-0.2, 0) is 16.2 Å². The number of amides is 1. The fraction of sp³-hybridized carbons (Fsp3) is 0.364. The minimum absolute atomic E-state index is 0.108. The van der Waals surface area contributed by atoms with Crippen molar-refractivity contribution in [2.24, 2.45) is 11.1 Å². The summed E-state index contributed by atoms with van der Waals surface area (Å²) in [5, 5.41) is 4.95. The first-order valence-corrected chi connectivity index (χ1v) is 9.88. The molecule has 2 aliphatic rings. The molecule has 1 heterocycles. The van der Waals surface area contributed by atoms with Gasteiger partial charge in [-0.1, -0.05) is 65.6 Å². The van der Waals surface area contributed by atoms with Crippen molar-refractivity contribution < 1.29 is 9.63 Å². The average molecular weight is 383 g/mol. The topological polar surface area (TPSA) is 41.9 Å². The highest BCUT2D eigenvalue weighted by atomic mass is 35.5. The second-order valence-electron chi connectivity index (χ2n) is 7.31. The number of hydrogen-bond acceptors (Lipinski definition) is 3. The van der Waals surface area contributed by atoms with Gasteiger partial charge < -0.3 is 9.74 Å². The number of benzene rings is 2. The highest BCUT2D eigenvalue weighted by Crippen LogP contribution is 2.30. The summed E-state index contributed by atoms with van der Waals surface area (Å²) in [6.07, 6.45) is 3.73. The molecule has 0 spiro atoms. The third kappa shape index (κ3) is 4.33. The number of carbonyl (C=O) groups is 1. The number of carbonyl (C=O) groups excluding carboxylic acids is 1. The average Bonchev–Trinajstić information content (AvgIpc) is 3.09. The molecule has 1 amide bonds. The summed E-state index contributed by atoms with van der Waals surface area (Å²) in [5.74, 6) is 0.373. The van der Waals surface area contributed by atoms with Crippen molar-refractivity contribution in [2.75, 3.05) is 6.54 Å². The first-order valence-electron chi connectivity index (χ1n) is 9.50. The Bertz CT molecular complexity index is 833. The van der Waals surface area contributed by atoms with Crippen LogP contribution in [0, 0.1) is 5.92 Å². The van der Waals surface area contributed by atoms with E-state index in [0.717, 1.165) is 36.1 Å². The van der Waals surface area contributed by atoms with Crippen LogP contribution in [0.4, 0.5) is 0 Å². The van der Waals surface area contributed by atoms with Gasteiger partial charge in [0.1, 0.15) is 0 Å². The third-order valence-electron chi connectivity index (χ3n) is 5.29. The molecular weight excluding hydrogens is 360 g/mol. The predicted molar refractivity (Wildman–Crippen MR) is 107 cm³/mol. The Balaban J connectivity index is 1.44. The van der Waals surface area contributed by atoms with Crippen LogP contribution < -0.4 is 0 Å². The molecule has 0 saturated heterocycles. The van der Waals surface area contributed by atoms with E-state index in [1.54, 1.807) is 0 Å². The molecule has 140 valence electrons. The lowest BCUT2D eigenvalue weighted by atomic mass is 9.84. The van der Waals surface area contributed by atoms with E-state index < -0.39 is 0 Å². The van der Waals surface area contributed by atoms with Crippen LogP contribution in [0.3, 0.4) is 0 Å². The van der Waals surface area contributed by atoms with E-state index in [9.17, 15) is 4.79 Å². The maximum absolute atomic E-state index is 13.0. The van der Waals surface area contributed by atoms with Gasteiger partial charge in [0.15, 0.2) is 6.10 Å². The van der Waals surface area contributed by atoms with Gasteiger partial charge in [-0.25, -0.2) is 0 Å². The lowest BCUT2D eigenvalue weighted by molar-refractivity contribution is -0.140. The number of halogens is 1. The second kappa shape index (κ2) is 8.13. The van der Waals surface area contributed by atoms with Crippen molar-refractivity contribution in [3.63, 3.8) is 0 Å². The molecule has 5 heteroatoms. The van der Waals surface area contributed by atoms with Crippen LogP contribution in [0.2, 0.25) is 5.02 Å². The van der Waals surface area contributed by atoms with Gasteiger partial charge in [0.05, 0.1) is 12.3 Å². The van der Waals surface area contributed by atoms with Gasteiger partial charge in [-0.3, -0.25) is 4.79 Å². The minimum Gasteiger partial charge on any atom is -0.390 e. The van der Waals surface area contributed by atoms with Crippen molar-refractivity contribution in [1.82, 2.24) is 4.90 Å². The van der Waals surface area contributed by atoms with E-state index in [-0.39, 0.29) is 17.9 Å². The molecule has 0 bridgehead atoms. The lowest BCUT2D eigenvalue weighted by Crippen LogP contribution is -2.42. The van der Waals surface area contributed by atoms with Crippen LogP contribution in [0.5, 0.6) is 0 Å². The maximum atomic E-state index is 13.0.